The molecule has 2 saturated carbocycles. The zero-order chi connectivity index (χ0) is 12.7. The van der Waals surface area contributed by atoms with Gasteiger partial charge in [0.15, 0.2) is 5.82 Å². The fourth-order valence-electron chi connectivity index (χ4n) is 3.94. The molecule has 1 saturated heterocycles. The summed E-state index contributed by atoms with van der Waals surface area (Å²) < 4.78 is 5.45. The molecule has 0 N–H and O–H groups in total. The van der Waals surface area contributed by atoms with Crippen molar-refractivity contribution in [2.45, 2.75) is 69.9 Å². The molecule has 2 heterocycles. The third kappa shape index (κ3) is 2.42. The van der Waals surface area contributed by atoms with Crippen molar-refractivity contribution in [1.82, 2.24) is 15.0 Å². The van der Waals surface area contributed by atoms with E-state index < -0.39 is 0 Å². The molecule has 0 spiro atoms. The lowest BCUT2D eigenvalue weighted by molar-refractivity contribution is 0.0466. The van der Waals surface area contributed by atoms with Gasteiger partial charge in [0.05, 0.1) is 6.54 Å². The van der Waals surface area contributed by atoms with Crippen LogP contribution in [0.5, 0.6) is 0 Å². The van der Waals surface area contributed by atoms with Crippen molar-refractivity contribution in [1.29, 1.82) is 0 Å². The molecule has 2 atom stereocenters. The molecular weight excluding hydrogens is 238 g/mol. The van der Waals surface area contributed by atoms with Gasteiger partial charge in [0.1, 0.15) is 0 Å². The molecule has 0 bridgehead atoms. The van der Waals surface area contributed by atoms with Crippen molar-refractivity contribution in [3.63, 3.8) is 0 Å². The van der Waals surface area contributed by atoms with E-state index in [1.54, 1.807) is 0 Å². The van der Waals surface area contributed by atoms with Gasteiger partial charge in [-0.25, -0.2) is 0 Å². The van der Waals surface area contributed by atoms with E-state index >= 15 is 0 Å². The number of rotatable bonds is 3. The highest BCUT2D eigenvalue weighted by molar-refractivity contribution is 5.03. The van der Waals surface area contributed by atoms with E-state index in [0.717, 1.165) is 30.2 Å². The number of likely N-dealkylation sites (tertiary alicyclic amines) is 1. The van der Waals surface area contributed by atoms with Crippen molar-refractivity contribution in [3.05, 3.63) is 11.7 Å². The van der Waals surface area contributed by atoms with Crippen molar-refractivity contribution < 1.29 is 4.52 Å². The van der Waals surface area contributed by atoms with Crippen molar-refractivity contribution in [2.24, 2.45) is 5.92 Å². The molecule has 1 aliphatic heterocycles. The standard InChI is InChI=1S/C15H23N3O/c1-2-6-13-11(4-1)5-3-9-18(13)10-14-16-15(17-19-14)12-7-8-12/h11-13H,1-10H2/t11-,13-/m0/s1. The Morgan fingerprint density at radius 1 is 1.05 bits per heavy atom. The molecule has 3 aliphatic rings. The molecular formula is C15H23N3O. The third-order valence-corrected chi connectivity index (χ3v) is 5.12. The molecule has 4 nitrogen and oxygen atoms in total. The Balaban J connectivity index is 1.44. The van der Waals surface area contributed by atoms with Crippen molar-refractivity contribution in [2.75, 3.05) is 6.54 Å². The molecule has 4 heteroatoms. The average Bonchev–Trinajstić information content (AvgIpc) is 3.20. The summed E-state index contributed by atoms with van der Waals surface area (Å²) in [6, 6.07) is 0.777. The summed E-state index contributed by atoms with van der Waals surface area (Å²) in [5.74, 6) is 3.31. The summed E-state index contributed by atoms with van der Waals surface area (Å²) >= 11 is 0. The zero-order valence-electron chi connectivity index (χ0n) is 11.6. The molecule has 3 fully saturated rings. The van der Waals surface area contributed by atoms with Crippen LogP contribution in [0, 0.1) is 5.92 Å². The number of hydrogen-bond donors (Lipinski definition) is 0. The molecule has 4 rings (SSSR count). The van der Waals surface area contributed by atoms with Crippen LogP contribution in [0.2, 0.25) is 0 Å². The van der Waals surface area contributed by atoms with Crippen LogP contribution < -0.4 is 0 Å². The predicted octanol–water partition coefficient (Wildman–Crippen LogP) is 3.10. The first-order valence-corrected chi connectivity index (χ1v) is 7.96. The fourth-order valence-corrected chi connectivity index (χ4v) is 3.94. The van der Waals surface area contributed by atoms with Gasteiger partial charge in [-0.15, -0.1) is 0 Å². The SMILES string of the molecule is C1CC[C@H]2[C@@H](C1)CCCN2Cc1nc(C2CC2)no1. The number of fused-ring (bicyclic) bond motifs is 1. The lowest BCUT2D eigenvalue weighted by atomic mass is 9.78. The van der Waals surface area contributed by atoms with E-state index in [1.165, 1.54) is 57.9 Å². The van der Waals surface area contributed by atoms with Gasteiger partial charge in [-0.1, -0.05) is 18.0 Å². The maximum absolute atomic E-state index is 5.45. The highest BCUT2D eigenvalue weighted by Gasteiger charge is 2.34. The third-order valence-electron chi connectivity index (χ3n) is 5.12. The molecule has 1 aromatic rings. The molecule has 19 heavy (non-hydrogen) atoms. The first-order valence-electron chi connectivity index (χ1n) is 7.96. The van der Waals surface area contributed by atoms with Gasteiger partial charge in [0.2, 0.25) is 5.89 Å². The summed E-state index contributed by atoms with van der Waals surface area (Å²) in [6.45, 7) is 2.09. The van der Waals surface area contributed by atoms with Crippen molar-refractivity contribution >= 4 is 0 Å². The summed E-state index contributed by atoms with van der Waals surface area (Å²) in [5.41, 5.74) is 0. The highest BCUT2D eigenvalue weighted by atomic mass is 16.5. The maximum Gasteiger partial charge on any atom is 0.240 e. The van der Waals surface area contributed by atoms with E-state index in [2.05, 4.69) is 15.0 Å². The Morgan fingerprint density at radius 2 is 1.89 bits per heavy atom. The average molecular weight is 261 g/mol. The van der Waals surface area contributed by atoms with Gasteiger partial charge in [-0.3, -0.25) is 4.90 Å². The molecule has 0 unspecified atom stereocenters. The molecule has 1 aromatic heterocycles. The Kier molecular flexibility index (Phi) is 3.06. The van der Waals surface area contributed by atoms with Crippen LogP contribution in [0.3, 0.4) is 0 Å². The molecule has 0 radical (unpaired) electrons. The minimum atomic E-state index is 0.598. The van der Waals surface area contributed by atoms with E-state index in [0.29, 0.717) is 5.92 Å². The second kappa shape index (κ2) is 4.89. The van der Waals surface area contributed by atoms with Crippen LogP contribution in [0.15, 0.2) is 4.52 Å². The Bertz CT molecular complexity index is 438. The Labute approximate surface area is 114 Å². The van der Waals surface area contributed by atoms with Crippen LogP contribution >= 0.6 is 0 Å². The van der Waals surface area contributed by atoms with Crippen LogP contribution in [-0.4, -0.2) is 27.6 Å². The van der Waals surface area contributed by atoms with E-state index in [-0.39, 0.29) is 0 Å². The minimum absolute atomic E-state index is 0.598. The number of piperidine rings is 1. The van der Waals surface area contributed by atoms with Gasteiger partial charge in [-0.2, -0.15) is 4.98 Å². The van der Waals surface area contributed by atoms with Gasteiger partial charge >= 0.3 is 0 Å². The van der Waals surface area contributed by atoms with E-state index in [1.807, 2.05) is 0 Å². The quantitative estimate of drug-likeness (QED) is 0.838. The number of nitrogens with zero attached hydrogens (tertiary/aromatic N) is 3. The summed E-state index contributed by atoms with van der Waals surface area (Å²) in [5, 5.41) is 4.13. The molecule has 0 amide bonds. The van der Waals surface area contributed by atoms with E-state index in [4.69, 9.17) is 4.52 Å². The van der Waals surface area contributed by atoms with Crippen LogP contribution in [0.1, 0.15) is 69.0 Å². The largest absolute Gasteiger partial charge is 0.338 e. The Morgan fingerprint density at radius 3 is 2.79 bits per heavy atom. The lowest BCUT2D eigenvalue weighted by Gasteiger charge is -2.43. The smallest absolute Gasteiger partial charge is 0.240 e. The first kappa shape index (κ1) is 11.9. The van der Waals surface area contributed by atoms with Gasteiger partial charge < -0.3 is 4.52 Å². The van der Waals surface area contributed by atoms with E-state index in [9.17, 15) is 0 Å². The lowest BCUT2D eigenvalue weighted by Crippen LogP contribution is -2.46. The fraction of sp³-hybridized carbons (Fsp3) is 0.867. The molecule has 104 valence electrons. The minimum Gasteiger partial charge on any atom is -0.338 e. The van der Waals surface area contributed by atoms with Crippen molar-refractivity contribution in [3.8, 4) is 0 Å². The van der Waals surface area contributed by atoms with Gasteiger partial charge in [0, 0.05) is 12.0 Å². The molecule has 2 aliphatic carbocycles. The highest BCUT2D eigenvalue weighted by Crippen LogP contribution is 2.39. The summed E-state index contributed by atoms with van der Waals surface area (Å²) in [4.78, 5) is 7.19. The molecule has 0 aromatic carbocycles. The second-order valence-corrected chi connectivity index (χ2v) is 6.55. The number of hydrogen-bond acceptors (Lipinski definition) is 4. The maximum atomic E-state index is 5.45. The Hall–Kier alpha value is -0.900. The van der Waals surface area contributed by atoms with Gasteiger partial charge in [0.25, 0.3) is 0 Å². The first-order chi connectivity index (χ1) is 9.40. The normalized spacial score (nSPS) is 32.2. The second-order valence-electron chi connectivity index (χ2n) is 6.55. The summed E-state index contributed by atoms with van der Waals surface area (Å²) in [7, 11) is 0. The van der Waals surface area contributed by atoms with Crippen LogP contribution in [-0.2, 0) is 6.54 Å². The van der Waals surface area contributed by atoms with Crippen LogP contribution in [0.4, 0.5) is 0 Å². The van der Waals surface area contributed by atoms with Gasteiger partial charge in [-0.05, 0) is 51.0 Å². The zero-order valence-corrected chi connectivity index (χ0v) is 11.6. The van der Waals surface area contributed by atoms with Crippen LogP contribution in [0.25, 0.3) is 0 Å². The topological polar surface area (TPSA) is 42.2 Å². The summed E-state index contributed by atoms with van der Waals surface area (Å²) in [6.07, 6.45) is 10.9. The predicted molar refractivity (Wildman–Crippen MR) is 71.7 cm³/mol. The number of aromatic nitrogens is 2. The monoisotopic (exact) mass is 261 g/mol.